The minimum atomic E-state index is 0.803. The molecule has 0 aliphatic heterocycles. The lowest BCUT2D eigenvalue weighted by molar-refractivity contribution is 1.24. The van der Waals surface area contributed by atoms with Gasteiger partial charge in [0.15, 0.2) is 0 Å². The SMILES string of the molecule is C=CCC(=C)c1ccccn1. The molecule has 0 unspecified atom stereocenters. The zero-order chi connectivity index (χ0) is 8.10. The third kappa shape index (κ3) is 2.04. The molecule has 56 valence electrons. The Morgan fingerprint density at radius 1 is 1.55 bits per heavy atom. The molecular formula is C10H11N. The molecule has 11 heavy (non-hydrogen) atoms. The van der Waals surface area contributed by atoms with Crippen LogP contribution in [0.1, 0.15) is 12.1 Å². The van der Waals surface area contributed by atoms with E-state index in [2.05, 4.69) is 18.1 Å². The fourth-order valence-electron chi connectivity index (χ4n) is 0.851. The van der Waals surface area contributed by atoms with Gasteiger partial charge in [0.25, 0.3) is 0 Å². The number of nitrogens with zero attached hydrogens (tertiary/aromatic N) is 1. The van der Waals surface area contributed by atoms with Crippen molar-refractivity contribution < 1.29 is 0 Å². The summed E-state index contributed by atoms with van der Waals surface area (Å²) < 4.78 is 0. The van der Waals surface area contributed by atoms with Gasteiger partial charge in [-0.2, -0.15) is 0 Å². The van der Waals surface area contributed by atoms with E-state index in [1.54, 1.807) is 6.20 Å². The van der Waals surface area contributed by atoms with Crippen molar-refractivity contribution in [3.05, 3.63) is 49.3 Å². The number of aromatic nitrogens is 1. The minimum Gasteiger partial charge on any atom is -0.257 e. The summed E-state index contributed by atoms with van der Waals surface area (Å²) in [6.45, 7) is 7.52. The summed E-state index contributed by atoms with van der Waals surface area (Å²) in [5.41, 5.74) is 1.97. The zero-order valence-corrected chi connectivity index (χ0v) is 6.46. The van der Waals surface area contributed by atoms with Crippen molar-refractivity contribution in [1.82, 2.24) is 4.98 Å². The number of allylic oxidation sites excluding steroid dienone is 2. The summed E-state index contributed by atoms with van der Waals surface area (Å²) in [6, 6.07) is 5.80. The Morgan fingerprint density at radius 3 is 2.91 bits per heavy atom. The molecule has 0 bridgehead atoms. The van der Waals surface area contributed by atoms with Gasteiger partial charge >= 0.3 is 0 Å². The van der Waals surface area contributed by atoms with E-state index in [-0.39, 0.29) is 0 Å². The summed E-state index contributed by atoms with van der Waals surface area (Å²) in [6.07, 6.45) is 4.40. The van der Waals surface area contributed by atoms with Crippen LogP contribution in [0.5, 0.6) is 0 Å². The molecule has 0 aliphatic carbocycles. The Kier molecular flexibility index (Phi) is 2.61. The molecule has 0 aliphatic rings. The van der Waals surface area contributed by atoms with E-state index in [4.69, 9.17) is 0 Å². The molecule has 0 N–H and O–H groups in total. The summed E-state index contributed by atoms with van der Waals surface area (Å²) in [5.74, 6) is 0. The first-order valence-corrected chi connectivity index (χ1v) is 3.54. The topological polar surface area (TPSA) is 12.9 Å². The molecule has 1 aromatic heterocycles. The first-order chi connectivity index (χ1) is 5.34. The second-order valence-corrected chi connectivity index (χ2v) is 2.31. The van der Waals surface area contributed by atoms with Crippen LogP contribution in [0.3, 0.4) is 0 Å². The maximum absolute atomic E-state index is 4.15. The average molecular weight is 145 g/mol. The van der Waals surface area contributed by atoms with Crippen LogP contribution < -0.4 is 0 Å². The van der Waals surface area contributed by atoms with E-state index in [1.165, 1.54) is 0 Å². The maximum atomic E-state index is 4.15. The van der Waals surface area contributed by atoms with Crippen molar-refractivity contribution >= 4 is 5.57 Å². The third-order valence-corrected chi connectivity index (χ3v) is 1.42. The molecule has 0 radical (unpaired) electrons. The molecule has 1 heterocycles. The van der Waals surface area contributed by atoms with Crippen LogP contribution in [0.25, 0.3) is 5.57 Å². The molecule has 0 spiro atoms. The van der Waals surface area contributed by atoms with Crippen molar-refractivity contribution in [1.29, 1.82) is 0 Å². The first-order valence-electron chi connectivity index (χ1n) is 3.54. The van der Waals surface area contributed by atoms with Gasteiger partial charge in [0.05, 0.1) is 5.69 Å². The highest BCUT2D eigenvalue weighted by molar-refractivity contribution is 5.60. The van der Waals surface area contributed by atoms with Gasteiger partial charge < -0.3 is 0 Å². The van der Waals surface area contributed by atoms with Crippen molar-refractivity contribution in [2.24, 2.45) is 0 Å². The number of hydrogen-bond donors (Lipinski definition) is 0. The van der Waals surface area contributed by atoms with Gasteiger partial charge in [-0.05, 0) is 24.1 Å². The van der Waals surface area contributed by atoms with Crippen LogP contribution in [0, 0.1) is 0 Å². The molecule has 0 atom stereocenters. The van der Waals surface area contributed by atoms with Crippen LogP contribution in [0.15, 0.2) is 43.6 Å². The van der Waals surface area contributed by atoms with Gasteiger partial charge in [-0.1, -0.05) is 18.7 Å². The van der Waals surface area contributed by atoms with Crippen LogP contribution >= 0.6 is 0 Å². The Labute approximate surface area is 67.1 Å². The van der Waals surface area contributed by atoms with E-state index in [9.17, 15) is 0 Å². The summed E-state index contributed by atoms with van der Waals surface area (Å²) in [5, 5.41) is 0. The smallest absolute Gasteiger partial charge is 0.0658 e. The van der Waals surface area contributed by atoms with Crippen LogP contribution in [0.2, 0.25) is 0 Å². The Hall–Kier alpha value is -1.37. The van der Waals surface area contributed by atoms with Gasteiger partial charge in [0.1, 0.15) is 0 Å². The van der Waals surface area contributed by atoms with Gasteiger partial charge in [-0.15, -0.1) is 6.58 Å². The summed E-state index contributed by atoms with van der Waals surface area (Å²) in [7, 11) is 0. The Balaban J connectivity index is 2.77. The fourth-order valence-corrected chi connectivity index (χ4v) is 0.851. The largest absolute Gasteiger partial charge is 0.257 e. The van der Waals surface area contributed by atoms with E-state index in [0.29, 0.717) is 0 Å². The van der Waals surface area contributed by atoms with Crippen molar-refractivity contribution in [2.75, 3.05) is 0 Å². The van der Waals surface area contributed by atoms with E-state index in [1.807, 2.05) is 24.3 Å². The van der Waals surface area contributed by atoms with E-state index < -0.39 is 0 Å². The predicted molar refractivity (Wildman–Crippen MR) is 48.1 cm³/mol. The van der Waals surface area contributed by atoms with Gasteiger partial charge in [0, 0.05) is 6.20 Å². The normalized spacial score (nSPS) is 9.09. The molecule has 0 aromatic carbocycles. The van der Waals surface area contributed by atoms with Gasteiger partial charge in [-0.25, -0.2) is 0 Å². The van der Waals surface area contributed by atoms with Crippen molar-refractivity contribution in [3.8, 4) is 0 Å². The lowest BCUT2D eigenvalue weighted by atomic mass is 10.1. The Bertz CT molecular complexity index is 249. The molecular weight excluding hydrogens is 134 g/mol. The Morgan fingerprint density at radius 2 is 2.36 bits per heavy atom. The first kappa shape index (κ1) is 7.73. The van der Waals surface area contributed by atoms with Crippen LogP contribution in [-0.4, -0.2) is 4.98 Å². The predicted octanol–water partition coefficient (Wildman–Crippen LogP) is 2.67. The highest BCUT2D eigenvalue weighted by Gasteiger charge is 1.94. The summed E-state index contributed by atoms with van der Waals surface area (Å²) >= 11 is 0. The number of rotatable bonds is 3. The van der Waals surface area contributed by atoms with Gasteiger partial charge in [-0.3, -0.25) is 4.98 Å². The molecule has 1 aromatic rings. The van der Waals surface area contributed by atoms with E-state index in [0.717, 1.165) is 17.7 Å². The lowest BCUT2D eigenvalue weighted by Gasteiger charge is -1.99. The molecule has 0 saturated carbocycles. The molecule has 0 amide bonds. The summed E-state index contributed by atoms with van der Waals surface area (Å²) in [4.78, 5) is 4.15. The van der Waals surface area contributed by atoms with E-state index >= 15 is 0 Å². The van der Waals surface area contributed by atoms with Crippen molar-refractivity contribution in [3.63, 3.8) is 0 Å². The van der Waals surface area contributed by atoms with Crippen molar-refractivity contribution in [2.45, 2.75) is 6.42 Å². The van der Waals surface area contributed by atoms with Crippen LogP contribution in [0.4, 0.5) is 0 Å². The van der Waals surface area contributed by atoms with Crippen LogP contribution in [-0.2, 0) is 0 Å². The molecule has 1 nitrogen and oxygen atoms in total. The fraction of sp³-hybridized carbons (Fsp3) is 0.100. The minimum absolute atomic E-state index is 0.803. The molecule has 1 rings (SSSR count). The second-order valence-electron chi connectivity index (χ2n) is 2.31. The third-order valence-electron chi connectivity index (χ3n) is 1.42. The zero-order valence-electron chi connectivity index (χ0n) is 6.46. The lowest BCUT2D eigenvalue weighted by Crippen LogP contribution is -1.84. The average Bonchev–Trinajstić information content (AvgIpc) is 2.07. The second kappa shape index (κ2) is 3.71. The monoisotopic (exact) mass is 145 g/mol. The maximum Gasteiger partial charge on any atom is 0.0658 e. The standard InChI is InChI=1S/C10H11N/c1-3-6-9(2)10-7-4-5-8-11-10/h3-5,7-8H,1-2,6H2. The quantitative estimate of drug-likeness (QED) is 0.596. The van der Waals surface area contributed by atoms with Gasteiger partial charge in [0.2, 0.25) is 0 Å². The molecule has 1 heteroatoms. The molecule has 0 saturated heterocycles. The molecule has 0 fully saturated rings. The number of hydrogen-bond acceptors (Lipinski definition) is 1. The number of pyridine rings is 1. The highest BCUT2D eigenvalue weighted by atomic mass is 14.7. The highest BCUT2D eigenvalue weighted by Crippen LogP contribution is 2.11.